The van der Waals surface area contributed by atoms with Gasteiger partial charge in [0, 0.05) is 16.3 Å². The number of aryl methyl sites for hydroxylation is 1. The van der Waals surface area contributed by atoms with Crippen molar-refractivity contribution in [3.63, 3.8) is 0 Å². The number of thiophene rings is 1. The van der Waals surface area contributed by atoms with Crippen LogP contribution < -0.4 is 5.73 Å². The topological polar surface area (TPSA) is 35.2 Å². The molecule has 0 saturated heterocycles. The molecular weight excluding hydrogens is 218 g/mol. The highest BCUT2D eigenvalue weighted by atomic mass is 32.1. The Morgan fingerprint density at radius 1 is 1.38 bits per heavy atom. The number of nitrogens with two attached hydrogens (primary N) is 1. The van der Waals surface area contributed by atoms with E-state index in [0.29, 0.717) is 12.6 Å². The van der Waals surface area contributed by atoms with Gasteiger partial charge >= 0.3 is 0 Å². The Morgan fingerprint density at radius 3 is 2.69 bits per heavy atom. The van der Waals surface area contributed by atoms with Gasteiger partial charge in [-0.05, 0) is 31.9 Å². The van der Waals surface area contributed by atoms with Crippen LogP contribution in [0, 0.1) is 6.92 Å². The van der Waals surface area contributed by atoms with Gasteiger partial charge in [-0.25, -0.2) is 0 Å². The fourth-order valence-corrected chi connectivity index (χ4v) is 3.23. The fraction of sp³-hybridized carbons (Fsp3) is 0.692. The molecule has 0 radical (unpaired) electrons. The Balaban J connectivity index is 1.94. The smallest absolute Gasteiger partial charge is 0.104 e. The van der Waals surface area contributed by atoms with E-state index >= 15 is 0 Å². The molecule has 16 heavy (non-hydrogen) atoms. The lowest BCUT2D eigenvalue weighted by Crippen LogP contribution is -2.23. The zero-order valence-corrected chi connectivity index (χ0v) is 10.8. The molecule has 2 N–H and O–H groups in total. The Bertz CT molecular complexity index is 317. The lowest BCUT2D eigenvalue weighted by atomic mass is 9.97. The molecule has 0 bridgehead atoms. The van der Waals surface area contributed by atoms with Gasteiger partial charge in [0.25, 0.3) is 0 Å². The molecule has 1 fully saturated rings. The summed E-state index contributed by atoms with van der Waals surface area (Å²) in [4.78, 5) is 2.62. The molecule has 1 saturated carbocycles. The van der Waals surface area contributed by atoms with Gasteiger partial charge in [-0.2, -0.15) is 0 Å². The maximum atomic E-state index is 6.13. The predicted molar refractivity (Wildman–Crippen MR) is 68.8 cm³/mol. The highest BCUT2D eigenvalue weighted by molar-refractivity contribution is 7.12. The number of hydrogen-bond acceptors (Lipinski definition) is 3. The molecule has 0 spiro atoms. The molecule has 1 aromatic rings. The first-order valence-electron chi connectivity index (χ1n) is 6.21. The maximum absolute atomic E-state index is 6.13. The summed E-state index contributed by atoms with van der Waals surface area (Å²) in [7, 11) is 0. The van der Waals surface area contributed by atoms with Crippen LogP contribution in [0.4, 0.5) is 0 Å². The summed E-state index contributed by atoms with van der Waals surface area (Å²) in [6, 6.07) is 4.30. The van der Waals surface area contributed by atoms with Crippen LogP contribution >= 0.6 is 11.3 Å². The quantitative estimate of drug-likeness (QED) is 0.874. The first-order chi connectivity index (χ1) is 7.79. The summed E-state index contributed by atoms with van der Waals surface area (Å²) in [6.07, 6.45) is 6.95. The van der Waals surface area contributed by atoms with E-state index in [4.69, 9.17) is 10.5 Å². The Hall–Kier alpha value is -0.380. The first kappa shape index (κ1) is 12.1. The van der Waals surface area contributed by atoms with E-state index in [0.717, 1.165) is 0 Å². The third-order valence-corrected chi connectivity index (χ3v) is 4.29. The summed E-state index contributed by atoms with van der Waals surface area (Å²) in [5.74, 6) is 0. The molecule has 0 aliphatic heterocycles. The molecule has 90 valence electrons. The zero-order chi connectivity index (χ0) is 11.4. The molecule has 0 amide bonds. The average Bonchev–Trinajstić information content (AvgIpc) is 2.74. The number of rotatable bonds is 4. The van der Waals surface area contributed by atoms with Crippen molar-refractivity contribution >= 4 is 11.3 Å². The Kier molecular flexibility index (Phi) is 4.38. The number of ether oxygens (including phenoxy) is 1. The van der Waals surface area contributed by atoms with Gasteiger partial charge in [-0.15, -0.1) is 11.3 Å². The molecule has 1 heterocycles. The average molecular weight is 239 g/mol. The Morgan fingerprint density at radius 2 is 2.12 bits per heavy atom. The summed E-state index contributed by atoms with van der Waals surface area (Å²) in [5, 5.41) is 0. The van der Waals surface area contributed by atoms with Crippen molar-refractivity contribution in [2.45, 2.75) is 51.2 Å². The predicted octanol–water partition coefficient (Wildman–Crippen LogP) is 3.41. The second-order valence-corrected chi connectivity index (χ2v) is 5.89. The van der Waals surface area contributed by atoms with Crippen LogP contribution in [0.2, 0.25) is 0 Å². The van der Waals surface area contributed by atoms with Crippen molar-refractivity contribution < 1.29 is 4.74 Å². The molecule has 2 nitrogen and oxygen atoms in total. The zero-order valence-electron chi connectivity index (χ0n) is 9.95. The monoisotopic (exact) mass is 239 g/mol. The molecule has 1 aliphatic carbocycles. The minimum absolute atomic E-state index is 0.113. The summed E-state index contributed by atoms with van der Waals surface area (Å²) < 4.78 is 6.13. The van der Waals surface area contributed by atoms with Crippen LogP contribution in [0.25, 0.3) is 0 Å². The molecule has 1 unspecified atom stereocenters. The van der Waals surface area contributed by atoms with Gasteiger partial charge < -0.3 is 10.5 Å². The first-order valence-corrected chi connectivity index (χ1v) is 7.03. The van der Waals surface area contributed by atoms with Gasteiger partial charge in [0.1, 0.15) is 6.10 Å². The lowest BCUT2D eigenvalue weighted by Gasteiger charge is -2.26. The van der Waals surface area contributed by atoms with Crippen LogP contribution in [-0.2, 0) is 4.74 Å². The summed E-state index contributed by atoms with van der Waals surface area (Å²) in [5.41, 5.74) is 5.81. The minimum atomic E-state index is 0.113. The van der Waals surface area contributed by atoms with E-state index in [2.05, 4.69) is 19.1 Å². The van der Waals surface area contributed by atoms with Crippen molar-refractivity contribution in [3.8, 4) is 0 Å². The van der Waals surface area contributed by atoms with Gasteiger partial charge in [-0.3, -0.25) is 0 Å². The van der Waals surface area contributed by atoms with Crippen LogP contribution in [0.15, 0.2) is 12.1 Å². The van der Waals surface area contributed by atoms with E-state index < -0.39 is 0 Å². The normalized spacial score (nSPS) is 19.9. The van der Waals surface area contributed by atoms with Crippen LogP contribution in [0.1, 0.15) is 48.0 Å². The van der Waals surface area contributed by atoms with Crippen molar-refractivity contribution in [2.75, 3.05) is 6.54 Å². The number of hydrogen-bond donors (Lipinski definition) is 1. The van der Waals surface area contributed by atoms with E-state index in [1.807, 2.05) is 0 Å². The summed E-state index contributed by atoms with van der Waals surface area (Å²) in [6.45, 7) is 2.72. The molecule has 1 atom stereocenters. The maximum Gasteiger partial charge on any atom is 0.104 e. The molecule has 2 rings (SSSR count). The standard InChI is InChI=1S/C13H21NOS/c1-10-7-8-13(16-10)12(9-14)15-11-5-3-2-4-6-11/h7-8,11-12H,2-6,9,14H2,1H3. The minimum Gasteiger partial charge on any atom is -0.368 e. The van der Waals surface area contributed by atoms with Gasteiger partial charge in [-0.1, -0.05) is 19.3 Å². The Labute approximate surface area is 102 Å². The van der Waals surface area contributed by atoms with Crippen LogP contribution in [0.5, 0.6) is 0 Å². The van der Waals surface area contributed by atoms with Crippen molar-refractivity contribution in [3.05, 3.63) is 21.9 Å². The van der Waals surface area contributed by atoms with Crippen molar-refractivity contribution in [1.29, 1.82) is 0 Å². The lowest BCUT2D eigenvalue weighted by molar-refractivity contribution is -0.0252. The van der Waals surface area contributed by atoms with Crippen LogP contribution in [0.3, 0.4) is 0 Å². The van der Waals surface area contributed by atoms with Gasteiger partial charge in [0.2, 0.25) is 0 Å². The molecule has 0 aromatic carbocycles. The highest BCUT2D eigenvalue weighted by Crippen LogP contribution is 2.29. The fourth-order valence-electron chi connectivity index (χ4n) is 2.30. The third kappa shape index (κ3) is 3.06. The van der Waals surface area contributed by atoms with Gasteiger partial charge in [0.05, 0.1) is 6.10 Å². The van der Waals surface area contributed by atoms with E-state index in [1.54, 1.807) is 11.3 Å². The highest BCUT2D eigenvalue weighted by Gasteiger charge is 2.20. The molecule has 3 heteroatoms. The van der Waals surface area contributed by atoms with E-state index in [9.17, 15) is 0 Å². The van der Waals surface area contributed by atoms with E-state index in [1.165, 1.54) is 41.9 Å². The SMILES string of the molecule is Cc1ccc(C(CN)OC2CCCCC2)s1. The van der Waals surface area contributed by atoms with Crippen molar-refractivity contribution in [2.24, 2.45) is 5.73 Å². The van der Waals surface area contributed by atoms with E-state index in [-0.39, 0.29) is 6.10 Å². The molecular formula is C13H21NOS. The van der Waals surface area contributed by atoms with Gasteiger partial charge in [0.15, 0.2) is 0 Å². The summed E-state index contributed by atoms with van der Waals surface area (Å²) >= 11 is 1.80. The second kappa shape index (κ2) is 5.80. The molecule has 1 aliphatic rings. The van der Waals surface area contributed by atoms with Crippen molar-refractivity contribution in [1.82, 2.24) is 0 Å². The van der Waals surface area contributed by atoms with Crippen LogP contribution in [-0.4, -0.2) is 12.6 Å². The largest absolute Gasteiger partial charge is 0.368 e. The second-order valence-electron chi connectivity index (χ2n) is 4.57. The third-order valence-electron chi connectivity index (χ3n) is 3.20. The molecule has 1 aromatic heterocycles.